The lowest BCUT2D eigenvalue weighted by atomic mass is 10.2. The van der Waals surface area contributed by atoms with Gasteiger partial charge in [0, 0.05) is 49.8 Å². The minimum atomic E-state index is -4.77. The van der Waals surface area contributed by atoms with Crippen molar-refractivity contribution in [2.75, 3.05) is 48.8 Å². The molecule has 0 radical (unpaired) electrons. The Kier molecular flexibility index (Phi) is 7.71. The van der Waals surface area contributed by atoms with Gasteiger partial charge in [-0.1, -0.05) is 18.2 Å². The second-order valence-corrected chi connectivity index (χ2v) is 9.90. The van der Waals surface area contributed by atoms with Crippen LogP contribution in [0.25, 0.3) is 0 Å². The number of piperazine rings is 1. The van der Waals surface area contributed by atoms with E-state index in [1.165, 1.54) is 19.2 Å². The number of anilines is 5. The first-order valence-electron chi connectivity index (χ1n) is 11.2. The summed E-state index contributed by atoms with van der Waals surface area (Å²) in [5.74, 6) is -0.770. The molecule has 2 aromatic carbocycles. The highest BCUT2D eigenvalue weighted by Crippen LogP contribution is 2.37. The molecular weight excluding hydrogens is 511 g/mol. The van der Waals surface area contributed by atoms with Gasteiger partial charge >= 0.3 is 6.18 Å². The van der Waals surface area contributed by atoms with E-state index in [1.54, 1.807) is 18.2 Å². The average Bonchev–Trinajstić information content (AvgIpc) is 2.84. The standard InChI is InChI=1S/C23H26F3N7O3S/c1-36-20-12-16(33-10-8-28-9-11-33)6-7-19(20)31-22-29-13-17(23(24,25)26)21(32-22)30-18-5-3-2-4-15(18)14-37(27,34)35/h2-7,12-13,28H,8-11,14H2,1H3,(H2,27,34,35)(H2,29,30,31,32). The lowest BCUT2D eigenvalue weighted by Crippen LogP contribution is -2.43. The van der Waals surface area contributed by atoms with Crippen LogP contribution in [-0.2, 0) is 22.0 Å². The average molecular weight is 538 g/mol. The molecule has 1 aliphatic heterocycles. The first-order chi connectivity index (χ1) is 17.5. The predicted molar refractivity (Wildman–Crippen MR) is 135 cm³/mol. The van der Waals surface area contributed by atoms with Gasteiger partial charge in [0.2, 0.25) is 16.0 Å². The van der Waals surface area contributed by atoms with Gasteiger partial charge in [0.25, 0.3) is 0 Å². The SMILES string of the molecule is COc1cc(N2CCNCC2)ccc1Nc1ncc(C(F)(F)F)c(Nc2ccccc2CS(N)(=O)=O)n1. The molecule has 1 aromatic heterocycles. The van der Waals surface area contributed by atoms with Gasteiger partial charge in [-0.25, -0.2) is 18.5 Å². The summed E-state index contributed by atoms with van der Waals surface area (Å²) in [6.07, 6.45) is -4.11. The van der Waals surface area contributed by atoms with Gasteiger partial charge in [-0.3, -0.25) is 0 Å². The Balaban J connectivity index is 1.65. The van der Waals surface area contributed by atoms with Crippen molar-refractivity contribution in [1.82, 2.24) is 15.3 Å². The zero-order valence-corrected chi connectivity index (χ0v) is 20.7. The molecule has 0 aliphatic carbocycles. The number of nitrogens with one attached hydrogen (secondary N) is 3. The summed E-state index contributed by atoms with van der Waals surface area (Å²) < 4.78 is 69.9. The molecule has 198 valence electrons. The smallest absolute Gasteiger partial charge is 0.421 e. The summed E-state index contributed by atoms with van der Waals surface area (Å²) in [6, 6.07) is 11.4. The lowest BCUT2D eigenvalue weighted by Gasteiger charge is -2.30. The minimum absolute atomic E-state index is 0.115. The number of primary sulfonamides is 1. The van der Waals surface area contributed by atoms with E-state index in [2.05, 4.69) is 30.8 Å². The number of sulfonamides is 1. The minimum Gasteiger partial charge on any atom is -0.494 e. The highest BCUT2D eigenvalue weighted by Gasteiger charge is 2.35. The van der Waals surface area contributed by atoms with Gasteiger partial charge in [0.05, 0.1) is 18.6 Å². The van der Waals surface area contributed by atoms with E-state index in [0.29, 0.717) is 17.6 Å². The molecule has 0 unspecified atom stereocenters. The van der Waals surface area contributed by atoms with E-state index in [-0.39, 0.29) is 17.2 Å². The fourth-order valence-electron chi connectivity index (χ4n) is 3.88. The molecule has 0 saturated carbocycles. The third kappa shape index (κ3) is 6.78. The lowest BCUT2D eigenvalue weighted by molar-refractivity contribution is -0.137. The number of benzene rings is 2. The molecule has 1 fully saturated rings. The molecule has 1 aliphatic rings. The third-order valence-corrected chi connectivity index (χ3v) is 6.35. The second-order valence-electron chi connectivity index (χ2n) is 8.29. The van der Waals surface area contributed by atoms with Crippen LogP contribution in [0.15, 0.2) is 48.7 Å². The summed E-state index contributed by atoms with van der Waals surface area (Å²) >= 11 is 0. The number of para-hydroxylation sites is 1. The van der Waals surface area contributed by atoms with Crippen molar-refractivity contribution < 1.29 is 26.3 Å². The van der Waals surface area contributed by atoms with Gasteiger partial charge in [0.1, 0.15) is 17.1 Å². The van der Waals surface area contributed by atoms with Crippen LogP contribution in [0.2, 0.25) is 0 Å². The van der Waals surface area contributed by atoms with Crippen LogP contribution in [0.3, 0.4) is 0 Å². The van der Waals surface area contributed by atoms with Crippen LogP contribution in [-0.4, -0.2) is 51.7 Å². The van der Waals surface area contributed by atoms with Crippen molar-refractivity contribution >= 4 is 38.9 Å². The summed E-state index contributed by atoms with van der Waals surface area (Å²) in [5, 5.41) is 13.9. The van der Waals surface area contributed by atoms with Crippen molar-refractivity contribution in [1.29, 1.82) is 0 Å². The molecule has 2 heterocycles. The highest BCUT2D eigenvalue weighted by molar-refractivity contribution is 7.88. The van der Waals surface area contributed by atoms with Gasteiger partial charge in [-0.15, -0.1) is 0 Å². The number of methoxy groups -OCH3 is 1. The van der Waals surface area contributed by atoms with Crippen molar-refractivity contribution in [2.24, 2.45) is 5.14 Å². The van der Waals surface area contributed by atoms with Crippen LogP contribution < -0.4 is 30.7 Å². The van der Waals surface area contributed by atoms with Crippen LogP contribution in [0, 0.1) is 0 Å². The number of nitrogens with two attached hydrogens (primary N) is 1. The zero-order valence-electron chi connectivity index (χ0n) is 19.8. The number of ether oxygens (including phenoxy) is 1. The van der Waals surface area contributed by atoms with E-state index in [4.69, 9.17) is 9.88 Å². The largest absolute Gasteiger partial charge is 0.494 e. The summed E-state index contributed by atoms with van der Waals surface area (Å²) in [7, 11) is -2.44. The van der Waals surface area contributed by atoms with Crippen LogP contribution in [0.4, 0.5) is 42.0 Å². The van der Waals surface area contributed by atoms with Crippen molar-refractivity contribution in [3.63, 3.8) is 0 Å². The maximum atomic E-state index is 13.7. The molecule has 0 amide bonds. The number of alkyl halides is 3. The van der Waals surface area contributed by atoms with E-state index >= 15 is 0 Å². The van der Waals surface area contributed by atoms with E-state index in [0.717, 1.165) is 31.9 Å². The van der Waals surface area contributed by atoms with Gasteiger partial charge in [-0.2, -0.15) is 18.2 Å². The fourth-order valence-corrected chi connectivity index (χ4v) is 4.57. The number of aromatic nitrogens is 2. The highest BCUT2D eigenvalue weighted by atomic mass is 32.2. The van der Waals surface area contributed by atoms with E-state index in [9.17, 15) is 21.6 Å². The first-order valence-corrected chi connectivity index (χ1v) is 13.0. The Morgan fingerprint density at radius 1 is 1.11 bits per heavy atom. The number of nitrogens with zero attached hydrogens (tertiary/aromatic N) is 3. The van der Waals surface area contributed by atoms with E-state index < -0.39 is 33.3 Å². The monoisotopic (exact) mass is 537 g/mol. The Labute approximate surface area is 212 Å². The van der Waals surface area contributed by atoms with E-state index in [1.807, 2.05) is 12.1 Å². The Bertz CT molecular complexity index is 1360. The Morgan fingerprint density at radius 2 is 1.84 bits per heavy atom. The summed E-state index contributed by atoms with van der Waals surface area (Å²) in [5.41, 5.74) is 0.596. The van der Waals surface area contributed by atoms with Gasteiger partial charge < -0.3 is 25.6 Å². The molecule has 4 rings (SSSR count). The quantitative estimate of drug-likeness (QED) is 0.342. The molecule has 3 aromatic rings. The zero-order chi connectivity index (χ0) is 26.6. The number of hydrogen-bond acceptors (Lipinski definition) is 9. The number of rotatable bonds is 8. The maximum absolute atomic E-state index is 13.7. The first kappa shape index (κ1) is 26.4. The number of halogens is 3. The van der Waals surface area contributed by atoms with Crippen molar-refractivity contribution in [3.8, 4) is 5.75 Å². The van der Waals surface area contributed by atoms with Gasteiger partial charge in [0.15, 0.2) is 0 Å². The molecule has 1 saturated heterocycles. The fraction of sp³-hybridized carbons (Fsp3) is 0.304. The van der Waals surface area contributed by atoms with Crippen LogP contribution in [0.5, 0.6) is 5.75 Å². The molecular formula is C23H26F3N7O3S. The normalized spacial score (nSPS) is 14.4. The van der Waals surface area contributed by atoms with Crippen molar-refractivity contribution in [2.45, 2.75) is 11.9 Å². The third-order valence-electron chi connectivity index (χ3n) is 5.64. The molecule has 14 heteroatoms. The molecule has 37 heavy (non-hydrogen) atoms. The molecule has 0 atom stereocenters. The van der Waals surface area contributed by atoms with Gasteiger partial charge in [-0.05, 0) is 23.8 Å². The summed E-state index contributed by atoms with van der Waals surface area (Å²) in [4.78, 5) is 10.1. The molecule has 0 spiro atoms. The topological polar surface area (TPSA) is 134 Å². The molecule has 5 N–H and O–H groups in total. The Hall–Kier alpha value is -3.62. The number of hydrogen-bond donors (Lipinski definition) is 4. The predicted octanol–water partition coefficient (Wildman–Crippen LogP) is 3.19. The maximum Gasteiger partial charge on any atom is 0.421 e. The summed E-state index contributed by atoms with van der Waals surface area (Å²) in [6.45, 7) is 3.38. The second kappa shape index (κ2) is 10.8. The van der Waals surface area contributed by atoms with Crippen molar-refractivity contribution in [3.05, 3.63) is 59.8 Å². The Morgan fingerprint density at radius 3 is 2.51 bits per heavy atom. The van der Waals surface area contributed by atoms with Crippen LogP contribution >= 0.6 is 0 Å². The van der Waals surface area contributed by atoms with Crippen LogP contribution in [0.1, 0.15) is 11.1 Å². The molecule has 0 bridgehead atoms. The molecule has 10 nitrogen and oxygen atoms in total.